The number of hydrogen-bond acceptors (Lipinski definition) is 5. The summed E-state index contributed by atoms with van der Waals surface area (Å²) >= 11 is 3.46. The molecule has 0 bridgehead atoms. The van der Waals surface area contributed by atoms with Crippen LogP contribution >= 0.6 is 15.9 Å². The number of hydrogen-bond donors (Lipinski definition) is 1. The van der Waals surface area contributed by atoms with Crippen molar-refractivity contribution in [1.29, 1.82) is 0 Å². The fraction of sp³-hybridized carbons (Fsp3) is 0.300. The third kappa shape index (κ3) is 1.98. The molecule has 1 atom stereocenters. The first kappa shape index (κ1) is 17.4. The van der Waals surface area contributed by atoms with Crippen molar-refractivity contribution in [3.05, 3.63) is 61.3 Å². The van der Waals surface area contributed by atoms with Gasteiger partial charge < -0.3 is 14.6 Å². The summed E-state index contributed by atoms with van der Waals surface area (Å²) < 4.78 is 6.68. The lowest BCUT2D eigenvalue weighted by Gasteiger charge is -2.37. The maximum absolute atomic E-state index is 13.7. The number of H-pyrrole nitrogens is 1. The maximum Gasteiger partial charge on any atom is 0.259 e. The Labute approximate surface area is 168 Å². The summed E-state index contributed by atoms with van der Waals surface area (Å²) in [7, 11) is 1.66. The number of ether oxygens (including phenoxy) is 1. The van der Waals surface area contributed by atoms with Crippen molar-refractivity contribution in [2.24, 2.45) is 0 Å². The van der Waals surface area contributed by atoms with Crippen LogP contribution in [-0.4, -0.2) is 28.7 Å². The molecule has 0 saturated heterocycles. The smallest absolute Gasteiger partial charge is 0.259 e. The zero-order valence-electron chi connectivity index (χ0n) is 15.3. The summed E-state index contributed by atoms with van der Waals surface area (Å²) in [6.07, 6.45) is 1.48. The molecule has 8 heteroatoms. The second-order valence-electron chi connectivity index (χ2n) is 7.28. The number of amides is 1. The third-order valence-electron chi connectivity index (χ3n) is 5.69. The highest BCUT2D eigenvalue weighted by molar-refractivity contribution is 9.10. The van der Waals surface area contributed by atoms with Crippen LogP contribution in [0.25, 0.3) is 0 Å². The van der Waals surface area contributed by atoms with E-state index < -0.39 is 11.0 Å². The molecule has 1 unspecified atom stereocenters. The number of allylic oxidation sites excluding steroid dienone is 1. The molecular formula is C20H16BrN3O4. The molecule has 1 aliphatic carbocycles. The Morgan fingerprint density at radius 2 is 2.04 bits per heavy atom. The SMILES string of the molecule is Cc1nc2c(c(=O)[nH]1)C1(C(=O)N(C)c3ccc(Br)cc31)C1=C(CCCC1=O)O2. The highest BCUT2D eigenvalue weighted by atomic mass is 79.9. The van der Waals surface area contributed by atoms with Crippen LogP contribution in [0.2, 0.25) is 0 Å². The van der Waals surface area contributed by atoms with Gasteiger partial charge in [-0.2, -0.15) is 4.98 Å². The van der Waals surface area contributed by atoms with Crippen LogP contribution < -0.4 is 15.2 Å². The van der Waals surface area contributed by atoms with Crippen molar-refractivity contribution < 1.29 is 14.3 Å². The Kier molecular flexibility index (Phi) is 3.49. The molecule has 1 amide bonds. The second-order valence-corrected chi connectivity index (χ2v) is 8.20. The topological polar surface area (TPSA) is 92.4 Å². The first-order valence-corrected chi connectivity index (χ1v) is 9.79. The van der Waals surface area contributed by atoms with Crippen LogP contribution in [0.5, 0.6) is 5.88 Å². The number of nitrogens with zero attached hydrogens (tertiary/aromatic N) is 2. The van der Waals surface area contributed by atoms with Crippen LogP contribution in [-0.2, 0) is 15.0 Å². The van der Waals surface area contributed by atoms with Crippen LogP contribution in [0.3, 0.4) is 0 Å². The summed E-state index contributed by atoms with van der Waals surface area (Å²) in [5, 5.41) is 0. The van der Waals surface area contributed by atoms with Crippen molar-refractivity contribution in [2.75, 3.05) is 11.9 Å². The molecule has 3 heterocycles. The first-order chi connectivity index (χ1) is 13.4. The number of carbonyl (C=O) groups is 2. The molecule has 3 aliphatic rings. The van der Waals surface area contributed by atoms with E-state index in [4.69, 9.17) is 4.74 Å². The van der Waals surface area contributed by atoms with E-state index >= 15 is 0 Å². The number of nitrogens with one attached hydrogen (secondary N) is 1. The summed E-state index contributed by atoms with van der Waals surface area (Å²) in [5.41, 5.74) is -0.397. The minimum atomic E-state index is -1.54. The van der Waals surface area contributed by atoms with E-state index in [0.717, 1.165) is 4.47 Å². The van der Waals surface area contributed by atoms with E-state index in [2.05, 4.69) is 25.9 Å². The van der Waals surface area contributed by atoms with E-state index in [1.807, 2.05) is 12.1 Å². The van der Waals surface area contributed by atoms with Gasteiger partial charge in [-0.3, -0.25) is 14.4 Å². The fourth-order valence-corrected chi connectivity index (χ4v) is 4.96. The standard InChI is InChI=1S/C20H16BrN3O4/c1-9-22-17(26)16-18(23-9)28-14-5-3-4-13(25)15(14)20(16)11-8-10(21)6-7-12(11)24(2)19(20)27/h6-8H,3-5H2,1-2H3,(H,22,23,26). The normalized spacial score (nSPS) is 22.9. The van der Waals surface area contributed by atoms with Gasteiger partial charge in [-0.15, -0.1) is 0 Å². The molecule has 0 saturated carbocycles. The number of halogens is 1. The molecule has 5 rings (SSSR count). The molecule has 28 heavy (non-hydrogen) atoms. The Balaban J connectivity index is 1.99. The predicted octanol–water partition coefficient (Wildman–Crippen LogP) is 2.50. The van der Waals surface area contributed by atoms with Gasteiger partial charge >= 0.3 is 0 Å². The van der Waals surface area contributed by atoms with Gasteiger partial charge in [0, 0.05) is 35.6 Å². The summed E-state index contributed by atoms with van der Waals surface area (Å²) in [4.78, 5) is 48.4. The number of likely N-dealkylation sites (N-methyl/N-ethyl adjacent to an activating group) is 1. The largest absolute Gasteiger partial charge is 0.442 e. The van der Waals surface area contributed by atoms with E-state index in [9.17, 15) is 14.4 Å². The maximum atomic E-state index is 13.7. The molecule has 0 radical (unpaired) electrons. The van der Waals surface area contributed by atoms with Gasteiger partial charge in [0.25, 0.3) is 5.56 Å². The average molecular weight is 442 g/mol. The molecular weight excluding hydrogens is 426 g/mol. The summed E-state index contributed by atoms with van der Waals surface area (Å²) in [5.74, 6) is 0.420. The zero-order chi connectivity index (χ0) is 19.8. The van der Waals surface area contributed by atoms with Crippen molar-refractivity contribution in [1.82, 2.24) is 9.97 Å². The highest BCUT2D eigenvalue weighted by Crippen LogP contribution is 2.56. The van der Waals surface area contributed by atoms with Crippen molar-refractivity contribution in [3.8, 4) is 5.88 Å². The van der Waals surface area contributed by atoms with Crippen LogP contribution in [0.15, 0.2) is 38.8 Å². The molecule has 0 fully saturated rings. The molecule has 7 nitrogen and oxygen atoms in total. The lowest BCUT2D eigenvalue weighted by atomic mass is 9.65. The molecule has 142 valence electrons. The number of carbonyl (C=O) groups excluding carboxylic acids is 2. The summed E-state index contributed by atoms with van der Waals surface area (Å²) in [6, 6.07) is 5.44. The summed E-state index contributed by atoms with van der Waals surface area (Å²) in [6.45, 7) is 1.65. The van der Waals surface area contributed by atoms with Crippen molar-refractivity contribution in [2.45, 2.75) is 31.6 Å². The fourth-order valence-electron chi connectivity index (χ4n) is 4.60. The van der Waals surface area contributed by atoms with E-state index in [0.29, 0.717) is 42.1 Å². The van der Waals surface area contributed by atoms with E-state index in [-0.39, 0.29) is 28.7 Å². The quantitative estimate of drug-likeness (QED) is 0.677. The lowest BCUT2D eigenvalue weighted by molar-refractivity contribution is -0.124. The minimum absolute atomic E-state index is 0.0841. The molecule has 2 aromatic rings. The number of Topliss-reactive ketones (excluding diaryl/α,β-unsaturated/α-hetero) is 1. The number of aromatic nitrogens is 2. The van der Waals surface area contributed by atoms with Crippen molar-refractivity contribution in [3.63, 3.8) is 0 Å². The van der Waals surface area contributed by atoms with Gasteiger partial charge in [0.05, 0.1) is 5.57 Å². The number of rotatable bonds is 0. The monoisotopic (exact) mass is 441 g/mol. The number of aryl methyl sites for hydroxylation is 1. The van der Waals surface area contributed by atoms with Gasteiger partial charge in [-0.1, -0.05) is 15.9 Å². The van der Waals surface area contributed by atoms with Crippen molar-refractivity contribution >= 4 is 33.3 Å². The number of benzene rings is 1. The van der Waals surface area contributed by atoms with Gasteiger partial charge in [-0.05, 0) is 31.5 Å². The first-order valence-electron chi connectivity index (χ1n) is 9.00. The number of anilines is 1. The van der Waals surface area contributed by atoms with E-state index in [1.165, 1.54) is 4.90 Å². The van der Waals surface area contributed by atoms with Crippen LogP contribution in [0, 0.1) is 6.92 Å². The Bertz CT molecular complexity index is 1180. The second kappa shape index (κ2) is 5.64. The Morgan fingerprint density at radius 3 is 2.82 bits per heavy atom. The van der Waals surface area contributed by atoms with Gasteiger partial charge in [0.15, 0.2) is 5.78 Å². The van der Waals surface area contributed by atoms with Crippen LogP contribution in [0.4, 0.5) is 5.69 Å². The minimum Gasteiger partial charge on any atom is -0.442 e. The Hall–Kier alpha value is -2.74. The lowest BCUT2D eigenvalue weighted by Crippen LogP contribution is -2.50. The highest BCUT2D eigenvalue weighted by Gasteiger charge is 2.61. The molecule has 1 aromatic carbocycles. The number of ketones is 1. The van der Waals surface area contributed by atoms with Gasteiger partial charge in [-0.25, -0.2) is 0 Å². The molecule has 1 N–H and O–H groups in total. The molecule has 1 spiro atoms. The third-order valence-corrected chi connectivity index (χ3v) is 6.18. The number of aromatic amines is 1. The molecule has 2 aliphatic heterocycles. The van der Waals surface area contributed by atoms with E-state index in [1.54, 1.807) is 20.0 Å². The average Bonchev–Trinajstić information content (AvgIpc) is 2.83. The van der Waals surface area contributed by atoms with Gasteiger partial charge in [0.2, 0.25) is 11.8 Å². The zero-order valence-corrected chi connectivity index (χ0v) is 16.8. The molecule has 1 aromatic heterocycles. The Morgan fingerprint density at radius 1 is 1.25 bits per heavy atom. The van der Waals surface area contributed by atoms with Crippen LogP contribution in [0.1, 0.15) is 36.2 Å². The number of fused-ring (bicyclic) bond motifs is 5. The van der Waals surface area contributed by atoms with Gasteiger partial charge in [0.1, 0.15) is 22.6 Å². The predicted molar refractivity (Wildman–Crippen MR) is 104 cm³/mol.